The number of carboxylic acid groups (broad SMARTS) is 1. The summed E-state index contributed by atoms with van der Waals surface area (Å²) in [6.07, 6.45) is 3.52. The van der Waals surface area contributed by atoms with Gasteiger partial charge in [-0.15, -0.1) is 0 Å². The zero-order chi connectivity index (χ0) is 13.1. The summed E-state index contributed by atoms with van der Waals surface area (Å²) in [5.74, 6) is -0.735. The summed E-state index contributed by atoms with van der Waals surface area (Å²) in [5, 5.41) is 9.37. The van der Waals surface area contributed by atoms with Gasteiger partial charge in [0.05, 0.1) is 0 Å². The fraction of sp³-hybridized carbons (Fsp3) is 0.500. The highest BCUT2D eigenvalue weighted by Gasteiger charge is 2.28. The second kappa shape index (κ2) is 5.29. The molecule has 1 unspecified atom stereocenters. The Bertz CT molecular complexity index is 445. The number of carbonyl (C=O) groups is 1. The molecule has 0 radical (unpaired) electrons. The van der Waals surface area contributed by atoms with Crippen LogP contribution in [0.15, 0.2) is 18.2 Å². The van der Waals surface area contributed by atoms with Gasteiger partial charge in [-0.25, -0.2) is 4.79 Å². The number of rotatable bonds is 4. The van der Waals surface area contributed by atoms with Gasteiger partial charge in [-0.3, -0.25) is 0 Å². The highest BCUT2D eigenvalue weighted by atomic mass is 16.4. The average Bonchev–Trinajstić information content (AvgIpc) is 2.34. The standard InChI is InChI=1S/C14H20N2O2/c1-2-4-13(14(17)18)16-8-3-5-10-9-11(15)6-7-12(10)16/h6-7,9,13H,2-5,8,15H2,1H3,(H,17,18). The highest BCUT2D eigenvalue weighted by molar-refractivity contribution is 5.79. The topological polar surface area (TPSA) is 66.6 Å². The second-order valence-electron chi connectivity index (χ2n) is 4.83. The van der Waals surface area contributed by atoms with E-state index in [0.29, 0.717) is 6.42 Å². The first-order valence-corrected chi connectivity index (χ1v) is 6.51. The number of carboxylic acids is 1. The van der Waals surface area contributed by atoms with E-state index in [1.807, 2.05) is 30.0 Å². The Labute approximate surface area is 107 Å². The predicted octanol–water partition coefficient (Wildman–Crippen LogP) is 2.27. The number of hydrogen-bond acceptors (Lipinski definition) is 3. The molecule has 0 saturated heterocycles. The maximum Gasteiger partial charge on any atom is 0.326 e. The largest absolute Gasteiger partial charge is 0.480 e. The lowest BCUT2D eigenvalue weighted by Crippen LogP contribution is -2.44. The molecule has 0 saturated carbocycles. The van der Waals surface area contributed by atoms with Gasteiger partial charge in [0.1, 0.15) is 6.04 Å². The summed E-state index contributed by atoms with van der Waals surface area (Å²) >= 11 is 0. The summed E-state index contributed by atoms with van der Waals surface area (Å²) in [4.78, 5) is 13.4. The van der Waals surface area contributed by atoms with Crippen molar-refractivity contribution in [1.29, 1.82) is 0 Å². The predicted molar refractivity (Wildman–Crippen MR) is 72.9 cm³/mol. The van der Waals surface area contributed by atoms with Gasteiger partial charge in [0.25, 0.3) is 0 Å². The Hall–Kier alpha value is -1.71. The maximum absolute atomic E-state index is 11.4. The van der Waals surface area contributed by atoms with Crippen molar-refractivity contribution >= 4 is 17.3 Å². The Morgan fingerprint density at radius 3 is 3.00 bits per heavy atom. The number of hydrogen-bond donors (Lipinski definition) is 2. The summed E-state index contributed by atoms with van der Waals surface area (Å²) < 4.78 is 0. The minimum atomic E-state index is -0.735. The van der Waals surface area contributed by atoms with E-state index in [1.165, 1.54) is 5.56 Å². The van der Waals surface area contributed by atoms with Crippen molar-refractivity contribution in [3.63, 3.8) is 0 Å². The molecule has 18 heavy (non-hydrogen) atoms. The first kappa shape index (κ1) is 12.7. The van der Waals surface area contributed by atoms with Crippen molar-refractivity contribution < 1.29 is 9.90 Å². The monoisotopic (exact) mass is 248 g/mol. The lowest BCUT2D eigenvalue weighted by Gasteiger charge is -2.36. The number of benzene rings is 1. The lowest BCUT2D eigenvalue weighted by molar-refractivity contribution is -0.138. The average molecular weight is 248 g/mol. The van der Waals surface area contributed by atoms with Gasteiger partial charge in [-0.05, 0) is 43.0 Å². The molecule has 0 spiro atoms. The van der Waals surface area contributed by atoms with Crippen LogP contribution in [0.4, 0.5) is 11.4 Å². The summed E-state index contributed by atoms with van der Waals surface area (Å²) in [7, 11) is 0. The minimum Gasteiger partial charge on any atom is -0.480 e. The third-order valence-corrected chi connectivity index (χ3v) is 3.48. The van der Waals surface area contributed by atoms with Gasteiger partial charge in [0.15, 0.2) is 0 Å². The first-order chi connectivity index (χ1) is 8.63. The molecule has 0 fully saturated rings. The molecule has 0 amide bonds. The number of aryl methyl sites for hydroxylation is 1. The molecule has 1 aromatic carbocycles. The van der Waals surface area contributed by atoms with Crippen molar-refractivity contribution in [2.45, 2.75) is 38.6 Å². The Morgan fingerprint density at radius 1 is 1.56 bits per heavy atom. The molecule has 2 rings (SSSR count). The fourth-order valence-electron chi connectivity index (χ4n) is 2.66. The van der Waals surface area contributed by atoms with Gasteiger partial charge in [-0.1, -0.05) is 13.3 Å². The van der Waals surface area contributed by atoms with Crippen molar-refractivity contribution in [2.24, 2.45) is 0 Å². The van der Waals surface area contributed by atoms with Crippen LogP contribution in [0.2, 0.25) is 0 Å². The Balaban J connectivity index is 2.33. The van der Waals surface area contributed by atoms with Gasteiger partial charge in [0, 0.05) is 17.9 Å². The van der Waals surface area contributed by atoms with Crippen molar-refractivity contribution in [1.82, 2.24) is 0 Å². The van der Waals surface area contributed by atoms with Crippen LogP contribution in [-0.2, 0) is 11.2 Å². The van der Waals surface area contributed by atoms with Crippen LogP contribution in [0.25, 0.3) is 0 Å². The minimum absolute atomic E-state index is 0.419. The summed E-state index contributed by atoms with van der Waals surface area (Å²) in [6, 6.07) is 5.35. The smallest absolute Gasteiger partial charge is 0.326 e. The van der Waals surface area contributed by atoms with Gasteiger partial charge in [0.2, 0.25) is 0 Å². The van der Waals surface area contributed by atoms with Gasteiger partial charge < -0.3 is 15.7 Å². The molecular weight excluding hydrogens is 228 g/mol. The van der Waals surface area contributed by atoms with E-state index in [-0.39, 0.29) is 0 Å². The molecule has 4 nitrogen and oxygen atoms in total. The zero-order valence-corrected chi connectivity index (χ0v) is 10.7. The number of anilines is 2. The van der Waals surface area contributed by atoms with Crippen LogP contribution < -0.4 is 10.6 Å². The third-order valence-electron chi connectivity index (χ3n) is 3.48. The van der Waals surface area contributed by atoms with Crippen LogP contribution in [0.5, 0.6) is 0 Å². The number of nitrogen functional groups attached to an aromatic ring is 1. The van der Waals surface area contributed by atoms with Crippen LogP contribution >= 0.6 is 0 Å². The molecule has 1 aliphatic rings. The van der Waals surface area contributed by atoms with Crippen LogP contribution in [-0.4, -0.2) is 23.7 Å². The summed E-state index contributed by atoms with van der Waals surface area (Å²) in [5.41, 5.74) is 8.74. The maximum atomic E-state index is 11.4. The fourth-order valence-corrected chi connectivity index (χ4v) is 2.66. The second-order valence-corrected chi connectivity index (χ2v) is 4.83. The van der Waals surface area contributed by atoms with Gasteiger partial charge >= 0.3 is 5.97 Å². The first-order valence-electron chi connectivity index (χ1n) is 6.51. The molecule has 1 heterocycles. The molecule has 4 heteroatoms. The van der Waals surface area contributed by atoms with Crippen LogP contribution in [0, 0.1) is 0 Å². The number of nitrogens with zero attached hydrogens (tertiary/aromatic N) is 1. The van der Waals surface area contributed by atoms with Crippen molar-refractivity contribution in [3.8, 4) is 0 Å². The van der Waals surface area contributed by atoms with E-state index in [4.69, 9.17) is 5.73 Å². The SMILES string of the molecule is CCCC(C(=O)O)N1CCCc2cc(N)ccc21. The molecule has 1 aliphatic heterocycles. The lowest BCUT2D eigenvalue weighted by atomic mass is 9.98. The molecule has 1 atom stereocenters. The molecule has 3 N–H and O–H groups in total. The summed E-state index contributed by atoms with van der Waals surface area (Å²) in [6.45, 7) is 2.83. The Morgan fingerprint density at radius 2 is 2.33 bits per heavy atom. The number of aliphatic carboxylic acids is 1. The van der Waals surface area contributed by atoms with E-state index in [1.54, 1.807) is 0 Å². The van der Waals surface area contributed by atoms with Crippen molar-refractivity contribution in [3.05, 3.63) is 23.8 Å². The zero-order valence-electron chi connectivity index (χ0n) is 10.7. The number of fused-ring (bicyclic) bond motifs is 1. The normalized spacial score (nSPS) is 16.2. The van der Waals surface area contributed by atoms with E-state index in [9.17, 15) is 9.90 Å². The van der Waals surface area contributed by atoms with Crippen LogP contribution in [0.1, 0.15) is 31.7 Å². The Kier molecular flexibility index (Phi) is 3.75. The molecular formula is C14H20N2O2. The molecule has 0 bridgehead atoms. The van der Waals surface area contributed by atoms with E-state index >= 15 is 0 Å². The van der Waals surface area contributed by atoms with Gasteiger partial charge in [-0.2, -0.15) is 0 Å². The van der Waals surface area contributed by atoms with E-state index < -0.39 is 12.0 Å². The highest BCUT2D eigenvalue weighted by Crippen LogP contribution is 2.31. The third kappa shape index (κ3) is 2.42. The van der Waals surface area contributed by atoms with Crippen molar-refractivity contribution in [2.75, 3.05) is 17.2 Å². The quantitative estimate of drug-likeness (QED) is 0.802. The molecule has 0 aliphatic carbocycles. The number of nitrogens with two attached hydrogens (primary N) is 1. The molecule has 98 valence electrons. The van der Waals surface area contributed by atoms with E-state index in [0.717, 1.165) is 37.2 Å². The molecule has 1 aromatic rings. The van der Waals surface area contributed by atoms with E-state index in [2.05, 4.69) is 0 Å². The van der Waals surface area contributed by atoms with Crippen LogP contribution in [0.3, 0.4) is 0 Å². The molecule has 0 aromatic heterocycles.